The minimum absolute atomic E-state index is 0.0115. The average Bonchev–Trinajstić information content (AvgIpc) is 3.03. The van der Waals surface area contributed by atoms with E-state index in [2.05, 4.69) is 15.9 Å². The summed E-state index contributed by atoms with van der Waals surface area (Å²) in [5.74, 6) is -0.676. The van der Waals surface area contributed by atoms with Crippen LogP contribution in [0.25, 0.3) is 10.4 Å². The minimum Gasteiger partial charge on any atom is -0.504 e. The Hall–Kier alpha value is -2.55. The Labute approximate surface area is 173 Å². The van der Waals surface area contributed by atoms with Crippen LogP contribution in [0.15, 0.2) is 53.0 Å². The van der Waals surface area contributed by atoms with Crippen molar-refractivity contribution < 1.29 is 29.6 Å². The van der Waals surface area contributed by atoms with Crippen LogP contribution in [0.1, 0.15) is 15.2 Å². The summed E-state index contributed by atoms with van der Waals surface area (Å²) in [4.78, 5) is 12.2. The number of thiophene rings is 1. The number of phenolic OH excluding ortho intramolecular Hbond substituents is 1. The van der Waals surface area contributed by atoms with Gasteiger partial charge in [0.05, 0.1) is 16.0 Å². The summed E-state index contributed by atoms with van der Waals surface area (Å²) in [6.45, 7) is 0.0398. The molecule has 6 nitrogen and oxygen atoms in total. The molecule has 3 N–H and O–H groups in total. The summed E-state index contributed by atoms with van der Waals surface area (Å²) < 4.78 is 11.6. The van der Waals surface area contributed by atoms with Crippen LogP contribution in [-0.2, 0) is 6.61 Å². The predicted octanol–water partition coefficient (Wildman–Crippen LogP) is 4.53. The molecule has 28 heavy (non-hydrogen) atoms. The number of halogens is 1. The summed E-state index contributed by atoms with van der Waals surface area (Å²) in [5.41, 5.74) is 1.62. The highest BCUT2D eigenvalue weighted by Gasteiger charge is 2.24. The number of aliphatic hydroxyl groups is 1. The average molecular weight is 465 g/mol. The van der Waals surface area contributed by atoms with E-state index < -0.39 is 5.97 Å². The van der Waals surface area contributed by atoms with Gasteiger partial charge in [0, 0.05) is 0 Å². The third-order valence-corrected chi connectivity index (χ3v) is 6.03. The Balaban J connectivity index is 1.92. The third kappa shape index (κ3) is 4.46. The minimum atomic E-state index is -1.12. The zero-order chi connectivity index (χ0) is 20.1. The molecule has 0 amide bonds. The van der Waals surface area contributed by atoms with Gasteiger partial charge in [-0.1, -0.05) is 30.3 Å². The molecule has 0 fully saturated rings. The van der Waals surface area contributed by atoms with Gasteiger partial charge in [0.2, 0.25) is 0 Å². The first-order valence-electron chi connectivity index (χ1n) is 8.30. The number of aromatic hydroxyl groups is 1. The molecule has 8 heteroatoms. The molecule has 2 aromatic carbocycles. The summed E-state index contributed by atoms with van der Waals surface area (Å²) in [6, 6.07) is 14.4. The van der Waals surface area contributed by atoms with E-state index in [1.165, 1.54) is 6.07 Å². The molecule has 146 valence electrons. The number of ether oxygens (including phenoxy) is 2. The molecule has 0 radical (unpaired) electrons. The highest BCUT2D eigenvalue weighted by Crippen LogP contribution is 2.47. The van der Waals surface area contributed by atoms with Gasteiger partial charge >= 0.3 is 5.97 Å². The molecule has 0 aliphatic rings. The maximum atomic E-state index is 11.5. The van der Waals surface area contributed by atoms with E-state index in [1.54, 1.807) is 12.1 Å². The first-order chi connectivity index (χ1) is 13.5. The van der Waals surface area contributed by atoms with Crippen LogP contribution < -0.4 is 9.47 Å². The number of carboxylic acid groups (broad SMARTS) is 1. The lowest BCUT2D eigenvalue weighted by molar-refractivity contribution is 0.0696. The highest BCUT2D eigenvalue weighted by molar-refractivity contribution is 9.10. The van der Waals surface area contributed by atoms with Crippen LogP contribution in [-0.4, -0.2) is 34.5 Å². The second-order valence-corrected chi connectivity index (χ2v) is 7.55. The van der Waals surface area contributed by atoms with Gasteiger partial charge in [-0.2, -0.15) is 0 Å². The number of aliphatic hydroxyl groups excluding tert-OH is 1. The fourth-order valence-corrected chi connectivity index (χ4v) is 4.39. The van der Waals surface area contributed by atoms with Crippen molar-refractivity contribution in [2.24, 2.45) is 0 Å². The molecule has 0 bridgehead atoms. The Bertz CT molecular complexity index is 970. The first-order valence-corrected chi connectivity index (χ1v) is 9.91. The maximum Gasteiger partial charge on any atom is 0.349 e. The smallest absolute Gasteiger partial charge is 0.349 e. The highest BCUT2D eigenvalue weighted by atomic mass is 79.9. The number of rotatable bonds is 8. The lowest BCUT2D eigenvalue weighted by atomic mass is 10.1. The van der Waals surface area contributed by atoms with Crippen molar-refractivity contribution in [3.63, 3.8) is 0 Å². The van der Waals surface area contributed by atoms with Crippen LogP contribution in [0.5, 0.6) is 17.2 Å². The van der Waals surface area contributed by atoms with Gasteiger partial charge in [-0.25, -0.2) is 4.79 Å². The molecular formula is C20H17BrO6S. The van der Waals surface area contributed by atoms with Crippen molar-refractivity contribution in [3.05, 3.63) is 63.4 Å². The van der Waals surface area contributed by atoms with E-state index in [0.717, 1.165) is 16.9 Å². The van der Waals surface area contributed by atoms with E-state index in [-0.39, 0.29) is 41.9 Å². The maximum absolute atomic E-state index is 11.5. The quantitative estimate of drug-likeness (QED) is 0.453. The standard InChI is InChI=1S/C20H17BrO6S/c21-16-17(26-9-8-22)19(20(24)25)28-18(16)13-6-7-14(23)15(10-13)27-11-12-4-2-1-3-5-12/h1-7,10,22-23H,8-9,11H2,(H,24,25). The van der Waals surface area contributed by atoms with E-state index in [4.69, 9.17) is 14.6 Å². The van der Waals surface area contributed by atoms with Crippen LogP contribution in [0, 0.1) is 0 Å². The number of aromatic carboxylic acids is 1. The second-order valence-electron chi connectivity index (χ2n) is 5.74. The molecule has 0 aliphatic heterocycles. The number of hydrogen-bond donors (Lipinski definition) is 3. The van der Waals surface area contributed by atoms with Gasteiger partial charge in [-0.15, -0.1) is 11.3 Å². The molecule has 0 atom stereocenters. The van der Waals surface area contributed by atoms with Gasteiger partial charge in [-0.05, 0) is 45.3 Å². The van der Waals surface area contributed by atoms with Crippen molar-refractivity contribution >= 4 is 33.2 Å². The fourth-order valence-electron chi connectivity index (χ4n) is 2.51. The number of hydrogen-bond acceptors (Lipinski definition) is 6. The summed E-state index contributed by atoms with van der Waals surface area (Å²) in [5, 5.41) is 28.5. The normalized spacial score (nSPS) is 10.6. The largest absolute Gasteiger partial charge is 0.504 e. The second kappa shape index (κ2) is 9.09. The van der Waals surface area contributed by atoms with Crippen LogP contribution in [0.3, 0.4) is 0 Å². The van der Waals surface area contributed by atoms with Crippen LogP contribution in [0.4, 0.5) is 0 Å². The van der Waals surface area contributed by atoms with Crippen molar-refractivity contribution in [1.82, 2.24) is 0 Å². The molecule has 1 heterocycles. The van der Waals surface area contributed by atoms with E-state index in [9.17, 15) is 15.0 Å². The Morgan fingerprint density at radius 3 is 2.54 bits per heavy atom. The Morgan fingerprint density at radius 1 is 1.11 bits per heavy atom. The molecule has 0 saturated carbocycles. The Morgan fingerprint density at radius 2 is 1.86 bits per heavy atom. The van der Waals surface area contributed by atoms with Gasteiger partial charge in [0.25, 0.3) is 0 Å². The third-order valence-electron chi connectivity index (χ3n) is 3.80. The number of phenols is 1. The van der Waals surface area contributed by atoms with Gasteiger partial charge in [0.15, 0.2) is 22.1 Å². The van der Waals surface area contributed by atoms with Gasteiger partial charge in [0.1, 0.15) is 13.2 Å². The van der Waals surface area contributed by atoms with Crippen molar-refractivity contribution in [1.29, 1.82) is 0 Å². The zero-order valence-corrected chi connectivity index (χ0v) is 17.0. The molecule has 1 aromatic heterocycles. The topological polar surface area (TPSA) is 96.2 Å². The lowest BCUT2D eigenvalue weighted by Gasteiger charge is -2.10. The molecule has 3 rings (SSSR count). The molecule has 0 saturated heterocycles. The number of carbonyl (C=O) groups is 1. The van der Waals surface area contributed by atoms with E-state index >= 15 is 0 Å². The Kier molecular flexibility index (Phi) is 6.56. The van der Waals surface area contributed by atoms with Crippen molar-refractivity contribution in [2.75, 3.05) is 13.2 Å². The molecule has 0 aliphatic carbocycles. The SMILES string of the molecule is O=C(O)c1sc(-c2ccc(O)c(OCc3ccccc3)c2)c(Br)c1OCCO. The summed E-state index contributed by atoms with van der Waals surface area (Å²) >= 11 is 4.43. The van der Waals surface area contributed by atoms with Crippen LogP contribution >= 0.6 is 27.3 Å². The zero-order valence-electron chi connectivity index (χ0n) is 14.6. The first kappa shape index (κ1) is 20.2. The molecular weight excluding hydrogens is 448 g/mol. The van der Waals surface area contributed by atoms with Crippen molar-refractivity contribution in [3.8, 4) is 27.7 Å². The molecule has 3 aromatic rings. The number of benzene rings is 2. The monoisotopic (exact) mass is 464 g/mol. The van der Waals surface area contributed by atoms with E-state index in [0.29, 0.717) is 14.9 Å². The van der Waals surface area contributed by atoms with E-state index in [1.807, 2.05) is 30.3 Å². The van der Waals surface area contributed by atoms with Crippen molar-refractivity contribution in [2.45, 2.75) is 6.61 Å². The fraction of sp³-hybridized carbons (Fsp3) is 0.150. The summed E-state index contributed by atoms with van der Waals surface area (Å²) in [6.07, 6.45) is 0. The number of carboxylic acids is 1. The summed E-state index contributed by atoms with van der Waals surface area (Å²) in [7, 11) is 0. The molecule has 0 spiro atoms. The molecule has 0 unspecified atom stereocenters. The van der Waals surface area contributed by atoms with Gasteiger partial charge < -0.3 is 24.8 Å². The predicted molar refractivity (Wildman–Crippen MR) is 109 cm³/mol. The lowest BCUT2D eigenvalue weighted by Crippen LogP contribution is -2.04. The van der Waals surface area contributed by atoms with Crippen LogP contribution in [0.2, 0.25) is 0 Å². The van der Waals surface area contributed by atoms with Gasteiger partial charge in [-0.3, -0.25) is 0 Å².